The highest BCUT2D eigenvalue weighted by Crippen LogP contribution is 2.34. The maximum absolute atomic E-state index is 11.9. The highest BCUT2D eigenvalue weighted by molar-refractivity contribution is 5.77. The molecule has 19 heavy (non-hydrogen) atoms. The summed E-state index contributed by atoms with van der Waals surface area (Å²) in [5, 5.41) is 20.2. The van der Waals surface area contributed by atoms with Crippen LogP contribution in [0.1, 0.15) is 25.7 Å². The van der Waals surface area contributed by atoms with Gasteiger partial charge in [0.25, 0.3) is 0 Å². The summed E-state index contributed by atoms with van der Waals surface area (Å²) in [4.78, 5) is 24.2. The minimum absolute atomic E-state index is 0.0341. The fourth-order valence-electron chi connectivity index (χ4n) is 2.03. The second-order valence-corrected chi connectivity index (χ2v) is 4.89. The molecule has 1 fully saturated rings. The van der Waals surface area contributed by atoms with Gasteiger partial charge in [-0.1, -0.05) is 0 Å². The van der Waals surface area contributed by atoms with Gasteiger partial charge in [-0.05, 0) is 19.3 Å². The fraction of sp³-hybridized carbons (Fsp3) is 0.833. The van der Waals surface area contributed by atoms with Gasteiger partial charge in [0, 0.05) is 13.6 Å². The summed E-state index contributed by atoms with van der Waals surface area (Å²) in [6.45, 7) is 0.946. The van der Waals surface area contributed by atoms with E-state index in [2.05, 4.69) is 5.32 Å². The molecule has 0 unspecified atom stereocenters. The van der Waals surface area contributed by atoms with E-state index in [0.29, 0.717) is 26.0 Å². The quantitative estimate of drug-likeness (QED) is 0.542. The van der Waals surface area contributed by atoms with E-state index in [-0.39, 0.29) is 25.7 Å². The Kier molecular flexibility index (Phi) is 6.04. The molecule has 0 spiro atoms. The largest absolute Gasteiger partial charge is 0.481 e. The molecule has 0 aromatic heterocycles. The molecule has 0 saturated heterocycles. The van der Waals surface area contributed by atoms with Gasteiger partial charge in [-0.3, -0.25) is 4.79 Å². The lowest BCUT2D eigenvalue weighted by Gasteiger charge is -2.42. The number of ether oxygens (including phenoxy) is 1. The van der Waals surface area contributed by atoms with Crippen molar-refractivity contribution in [3.05, 3.63) is 0 Å². The molecule has 7 nitrogen and oxygen atoms in total. The first-order valence-corrected chi connectivity index (χ1v) is 6.43. The average Bonchev–Trinajstić information content (AvgIpc) is 2.30. The van der Waals surface area contributed by atoms with Crippen molar-refractivity contribution >= 4 is 12.0 Å². The molecule has 110 valence electrons. The number of carbonyl (C=O) groups excluding carboxylic acids is 1. The molecule has 1 aliphatic carbocycles. The third-order valence-corrected chi connectivity index (χ3v) is 3.33. The molecule has 1 saturated carbocycles. The van der Waals surface area contributed by atoms with Crippen molar-refractivity contribution in [1.29, 1.82) is 0 Å². The van der Waals surface area contributed by atoms with Gasteiger partial charge in [0.1, 0.15) is 0 Å². The van der Waals surface area contributed by atoms with Crippen LogP contribution in [-0.2, 0) is 9.53 Å². The normalized spacial score (nSPS) is 16.5. The first kappa shape index (κ1) is 15.7. The van der Waals surface area contributed by atoms with Crippen molar-refractivity contribution in [3.63, 3.8) is 0 Å². The van der Waals surface area contributed by atoms with Gasteiger partial charge in [-0.15, -0.1) is 0 Å². The Labute approximate surface area is 112 Å². The van der Waals surface area contributed by atoms with Crippen LogP contribution >= 0.6 is 0 Å². The van der Waals surface area contributed by atoms with Gasteiger partial charge < -0.3 is 25.2 Å². The van der Waals surface area contributed by atoms with Crippen molar-refractivity contribution in [2.45, 2.75) is 31.2 Å². The molecule has 2 amide bonds. The average molecular weight is 274 g/mol. The number of aliphatic carboxylic acids is 1. The molecular weight excluding hydrogens is 252 g/mol. The second kappa shape index (κ2) is 7.30. The number of aliphatic hydroxyl groups is 1. The van der Waals surface area contributed by atoms with Crippen LogP contribution in [0.15, 0.2) is 0 Å². The van der Waals surface area contributed by atoms with Crippen LogP contribution in [0.2, 0.25) is 0 Å². The molecule has 0 aromatic carbocycles. The van der Waals surface area contributed by atoms with Crippen LogP contribution in [0, 0.1) is 0 Å². The molecule has 1 rings (SSSR count). The monoisotopic (exact) mass is 274 g/mol. The highest BCUT2D eigenvalue weighted by atomic mass is 16.5. The van der Waals surface area contributed by atoms with Gasteiger partial charge in [0.15, 0.2) is 0 Å². The van der Waals surface area contributed by atoms with E-state index in [1.54, 1.807) is 7.05 Å². The molecule has 0 radical (unpaired) electrons. The predicted molar refractivity (Wildman–Crippen MR) is 67.9 cm³/mol. The number of hydrogen-bond donors (Lipinski definition) is 3. The number of carboxylic acid groups (broad SMARTS) is 1. The smallest absolute Gasteiger partial charge is 0.317 e. The molecule has 3 N–H and O–H groups in total. The van der Waals surface area contributed by atoms with Gasteiger partial charge in [0.2, 0.25) is 0 Å². The minimum atomic E-state index is -0.895. The van der Waals surface area contributed by atoms with Gasteiger partial charge in [-0.25, -0.2) is 4.79 Å². The Hall–Kier alpha value is -1.34. The highest BCUT2D eigenvalue weighted by Gasteiger charge is 2.40. The zero-order valence-electron chi connectivity index (χ0n) is 11.2. The maximum Gasteiger partial charge on any atom is 0.317 e. The summed E-state index contributed by atoms with van der Waals surface area (Å²) in [7, 11) is 1.63. The summed E-state index contributed by atoms with van der Waals surface area (Å²) in [5.74, 6) is -0.895. The van der Waals surface area contributed by atoms with E-state index in [9.17, 15) is 9.59 Å². The second-order valence-electron chi connectivity index (χ2n) is 4.89. The SMILES string of the molecule is CN(CCOCCO)C(=O)NC1(CC(=O)O)CCC1. The van der Waals surface area contributed by atoms with Gasteiger partial charge in [-0.2, -0.15) is 0 Å². The molecular formula is C12H22N2O5. The molecule has 0 atom stereocenters. The van der Waals surface area contributed by atoms with E-state index in [0.717, 1.165) is 6.42 Å². The lowest BCUT2D eigenvalue weighted by Crippen LogP contribution is -2.57. The van der Waals surface area contributed by atoms with Crippen LogP contribution < -0.4 is 5.32 Å². The van der Waals surface area contributed by atoms with Crippen LogP contribution in [0.25, 0.3) is 0 Å². The minimum Gasteiger partial charge on any atom is -0.481 e. The van der Waals surface area contributed by atoms with E-state index in [4.69, 9.17) is 14.9 Å². The van der Waals surface area contributed by atoms with Gasteiger partial charge in [0.05, 0.1) is 31.8 Å². The summed E-state index contributed by atoms with van der Waals surface area (Å²) in [5.41, 5.74) is -0.580. The summed E-state index contributed by atoms with van der Waals surface area (Å²) < 4.78 is 5.07. The Morgan fingerprint density at radius 1 is 1.37 bits per heavy atom. The van der Waals surface area contributed by atoms with E-state index >= 15 is 0 Å². The fourth-order valence-corrected chi connectivity index (χ4v) is 2.03. The third-order valence-electron chi connectivity index (χ3n) is 3.33. The molecule has 0 aromatic rings. The number of carbonyl (C=O) groups is 2. The topological polar surface area (TPSA) is 99.1 Å². The number of nitrogens with one attached hydrogen (secondary N) is 1. The number of carboxylic acids is 1. The van der Waals surface area contributed by atoms with Crippen molar-refractivity contribution < 1.29 is 24.5 Å². The Morgan fingerprint density at radius 3 is 2.53 bits per heavy atom. The zero-order chi connectivity index (χ0) is 14.3. The Morgan fingerprint density at radius 2 is 2.05 bits per heavy atom. The summed E-state index contributed by atoms with van der Waals surface area (Å²) >= 11 is 0. The molecule has 0 bridgehead atoms. The van der Waals surface area contributed by atoms with Crippen LogP contribution in [0.3, 0.4) is 0 Å². The number of likely N-dealkylation sites (N-methyl/N-ethyl adjacent to an activating group) is 1. The third kappa shape index (κ3) is 5.04. The van der Waals surface area contributed by atoms with Crippen LogP contribution in [0.5, 0.6) is 0 Å². The molecule has 1 aliphatic rings. The number of amides is 2. The Bertz CT molecular complexity index is 317. The number of urea groups is 1. The Balaban J connectivity index is 2.33. The number of hydrogen-bond acceptors (Lipinski definition) is 4. The lowest BCUT2D eigenvalue weighted by molar-refractivity contribution is -0.139. The van der Waals surface area contributed by atoms with Gasteiger partial charge >= 0.3 is 12.0 Å². The number of nitrogens with zero attached hydrogens (tertiary/aromatic N) is 1. The summed E-state index contributed by atoms with van der Waals surface area (Å²) in [6.07, 6.45) is 2.32. The lowest BCUT2D eigenvalue weighted by atomic mass is 9.74. The first-order chi connectivity index (χ1) is 8.99. The molecule has 0 aliphatic heterocycles. The maximum atomic E-state index is 11.9. The van der Waals surface area contributed by atoms with Crippen molar-refractivity contribution in [2.24, 2.45) is 0 Å². The standard InChI is InChI=1S/C12H22N2O5/c1-14(5-7-19-8-6-15)11(18)13-12(3-2-4-12)9-10(16)17/h15H,2-9H2,1H3,(H,13,18)(H,16,17). The van der Waals surface area contributed by atoms with Crippen LogP contribution in [0.4, 0.5) is 4.79 Å². The molecule has 7 heteroatoms. The first-order valence-electron chi connectivity index (χ1n) is 6.43. The summed E-state index contributed by atoms with van der Waals surface area (Å²) in [6, 6.07) is -0.284. The van der Waals surface area contributed by atoms with E-state index in [1.165, 1.54) is 4.90 Å². The number of aliphatic hydroxyl groups excluding tert-OH is 1. The van der Waals surface area contributed by atoms with Crippen molar-refractivity contribution in [3.8, 4) is 0 Å². The van der Waals surface area contributed by atoms with E-state index in [1.807, 2.05) is 0 Å². The van der Waals surface area contributed by atoms with E-state index < -0.39 is 11.5 Å². The van der Waals surface area contributed by atoms with Crippen molar-refractivity contribution in [2.75, 3.05) is 33.4 Å². The number of rotatable bonds is 8. The zero-order valence-corrected chi connectivity index (χ0v) is 11.2. The predicted octanol–water partition coefficient (Wildman–Crippen LogP) is 0.0341. The van der Waals surface area contributed by atoms with Crippen LogP contribution in [-0.4, -0.2) is 66.1 Å². The molecule has 0 heterocycles. The van der Waals surface area contributed by atoms with Crippen molar-refractivity contribution in [1.82, 2.24) is 10.2 Å².